The fourth-order valence-corrected chi connectivity index (χ4v) is 2.96. The van der Waals surface area contributed by atoms with Crippen molar-refractivity contribution in [2.24, 2.45) is 0 Å². The zero-order valence-electron chi connectivity index (χ0n) is 11.3. The molecule has 2 heterocycles. The van der Waals surface area contributed by atoms with E-state index in [0.29, 0.717) is 17.6 Å². The van der Waals surface area contributed by atoms with Gasteiger partial charge < -0.3 is 15.5 Å². The van der Waals surface area contributed by atoms with Crippen molar-refractivity contribution >= 4 is 11.7 Å². The molecule has 2 aliphatic heterocycles. The van der Waals surface area contributed by atoms with E-state index in [9.17, 15) is 4.79 Å². The summed E-state index contributed by atoms with van der Waals surface area (Å²) < 4.78 is 0. The Morgan fingerprint density at radius 3 is 2.75 bits per heavy atom. The van der Waals surface area contributed by atoms with E-state index < -0.39 is 0 Å². The number of carbonyl (C=O) groups is 1. The van der Waals surface area contributed by atoms with Crippen LogP contribution in [-0.4, -0.2) is 36.1 Å². The Morgan fingerprint density at radius 2 is 2.00 bits per heavy atom. The number of urea groups is 1. The van der Waals surface area contributed by atoms with Crippen LogP contribution < -0.4 is 10.6 Å². The number of amides is 2. The van der Waals surface area contributed by atoms with Crippen molar-refractivity contribution < 1.29 is 4.79 Å². The highest BCUT2D eigenvalue weighted by atomic mass is 16.2. The number of nitriles is 1. The number of nitrogens with zero attached hydrogens (tertiary/aromatic N) is 2. The van der Waals surface area contributed by atoms with Gasteiger partial charge in [-0.2, -0.15) is 5.26 Å². The molecule has 2 saturated heterocycles. The molecular weight excluding hydrogens is 252 g/mol. The molecule has 1 aromatic rings. The summed E-state index contributed by atoms with van der Waals surface area (Å²) in [7, 11) is 0. The highest BCUT2D eigenvalue weighted by Crippen LogP contribution is 2.21. The fourth-order valence-electron chi connectivity index (χ4n) is 2.96. The lowest BCUT2D eigenvalue weighted by Gasteiger charge is -2.24. The number of benzene rings is 1. The smallest absolute Gasteiger partial charge is 0.321 e. The molecule has 20 heavy (non-hydrogen) atoms. The van der Waals surface area contributed by atoms with Gasteiger partial charge in [-0.05, 0) is 43.5 Å². The normalized spacial score (nSPS) is 24.9. The van der Waals surface area contributed by atoms with Crippen LogP contribution in [0.25, 0.3) is 0 Å². The van der Waals surface area contributed by atoms with Gasteiger partial charge in [-0.3, -0.25) is 0 Å². The lowest BCUT2D eigenvalue weighted by Crippen LogP contribution is -2.41. The van der Waals surface area contributed by atoms with Crippen molar-refractivity contribution in [1.29, 1.82) is 5.26 Å². The van der Waals surface area contributed by atoms with Gasteiger partial charge in [0.1, 0.15) is 0 Å². The summed E-state index contributed by atoms with van der Waals surface area (Å²) in [5.41, 5.74) is 1.33. The lowest BCUT2D eigenvalue weighted by molar-refractivity contribution is 0.208. The Kier molecular flexibility index (Phi) is 3.57. The average molecular weight is 270 g/mol. The summed E-state index contributed by atoms with van der Waals surface area (Å²) >= 11 is 0. The largest absolute Gasteiger partial charge is 0.323 e. The third-order valence-corrected chi connectivity index (χ3v) is 4.08. The first-order valence-corrected chi connectivity index (χ1v) is 7.07. The topological polar surface area (TPSA) is 68.2 Å². The predicted octanol–water partition coefficient (Wildman–Crippen LogP) is 1.92. The van der Waals surface area contributed by atoms with Crippen molar-refractivity contribution in [1.82, 2.24) is 10.2 Å². The standard InChI is InChI=1S/C15H18N4O/c16-9-11-1-3-12(4-2-11)18-15(20)19-8-7-13-5-6-14(10-19)17-13/h1-4,13-14,17H,5-8,10H2,(H,18,20). The molecule has 2 amide bonds. The minimum atomic E-state index is -0.0518. The first kappa shape index (κ1) is 12.9. The van der Waals surface area contributed by atoms with E-state index in [1.807, 2.05) is 4.90 Å². The third-order valence-electron chi connectivity index (χ3n) is 4.08. The van der Waals surface area contributed by atoms with E-state index in [1.54, 1.807) is 24.3 Å². The van der Waals surface area contributed by atoms with Gasteiger partial charge in [0, 0.05) is 30.9 Å². The molecule has 0 spiro atoms. The first-order chi connectivity index (χ1) is 9.74. The van der Waals surface area contributed by atoms with Gasteiger partial charge in [-0.25, -0.2) is 4.79 Å². The second-order valence-electron chi connectivity index (χ2n) is 5.49. The summed E-state index contributed by atoms with van der Waals surface area (Å²) in [6, 6.07) is 9.97. The van der Waals surface area contributed by atoms with Crippen molar-refractivity contribution in [2.75, 3.05) is 18.4 Å². The molecule has 2 fully saturated rings. The van der Waals surface area contributed by atoms with Crippen LogP contribution in [0, 0.1) is 11.3 Å². The molecule has 5 nitrogen and oxygen atoms in total. The Bertz CT molecular complexity index is 534. The third kappa shape index (κ3) is 2.75. The Balaban J connectivity index is 1.62. The number of hydrogen-bond donors (Lipinski definition) is 2. The Hall–Kier alpha value is -2.06. The van der Waals surface area contributed by atoms with Crippen LogP contribution in [-0.2, 0) is 0 Å². The zero-order valence-corrected chi connectivity index (χ0v) is 11.3. The number of rotatable bonds is 1. The highest BCUT2D eigenvalue weighted by Gasteiger charge is 2.31. The number of likely N-dealkylation sites (tertiary alicyclic amines) is 1. The molecule has 5 heteroatoms. The van der Waals surface area contributed by atoms with Gasteiger partial charge in [0.15, 0.2) is 0 Å². The molecule has 0 saturated carbocycles. The Labute approximate surface area is 118 Å². The number of anilines is 1. The summed E-state index contributed by atoms with van der Waals surface area (Å²) in [5, 5.41) is 15.2. The van der Waals surface area contributed by atoms with Crippen molar-refractivity contribution in [3.63, 3.8) is 0 Å². The van der Waals surface area contributed by atoms with E-state index in [1.165, 1.54) is 6.42 Å². The summed E-state index contributed by atoms with van der Waals surface area (Å²) in [6.07, 6.45) is 3.42. The molecular formula is C15H18N4O. The number of fused-ring (bicyclic) bond motifs is 2. The molecule has 2 N–H and O–H groups in total. The van der Waals surface area contributed by atoms with Crippen LogP contribution in [0.4, 0.5) is 10.5 Å². The van der Waals surface area contributed by atoms with E-state index >= 15 is 0 Å². The molecule has 1 aromatic carbocycles. The maximum Gasteiger partial charge on any atom is 0.321 e. The minimum Gasteiger partial charge on any atom is -0.323 e. The molecule has 0 radical (unpaired) electrons. The molecule has 0 aliphatic carbocycles. The molecule has 2 atom stereocenters. The van der Waals surface area contributed by atoms with Gasteiger partial charge in [0.05, 0.1) is 11.6 Å². The van der Waals surface area contributed by atoms with Crippen molar-refractivity contribution in [3.8, 4) is 6.07 Å². The van der Waals surface area contributed by atoms with Crippen molar-refractivity contribution in [2.45, 2.75) is 31.3 Å². The Morgan fingerprint density at radius 1 is 1.25 bits per heavy atom. The lowest BCUT2D eigenvalue weighted by atomic mass is 10.1. The maximum absolute atomic E-state index is 12.3. The zero-order chi connectivity index (χ0) is 13.9. The van der Waals surface area contributed by atoms with Crippen LogP contribution >= 0.6 is 0 Å². The van der Waals surface area contributed by atoms with Crippen LogP contribution in [0.5, 0.6) is 0 Å². The van der Waals surface area contributed by atoms with Gasteiger partial charge >= 0.3 is 6.03 Å². The van der Waals surface area contributed by atoms with E-state index in [0.717, 1.165) is 31.6 Å². The fraction of sp³-hybridized carbons (Fsp3) is 0.467. The van der Waals surface area contributed by atoms with Crippen LogP contribution in [0.1, 0.15) is 24.8 Å². The first-order valence-electron chi connectivity index (χ1n) is 7.07. The van der Waals surface area contributed by atoms with Gasteiger partial charge in [0.25, 0.3) is 0 Å². The van der Waals surface area contributed by atoms with E-state index in [2.05, 4.69) is 16.7 Å². The number of carbonyl (C=O) groups excluding carboxylic acids is 1. The summed E-state index contributed by atoms with van der Waals surface area (Å²) in [5.74, 6) is 0. The molecule has 2 bridgehead atoms. The molecule has 104 valence electrons. The van der Waals surface area contributed by atoms with Crippen LogP contribution in [0.3, 0.4) is 0 Å². The van der Waals surface area contributed by atoms with Gasteiger partial charge in [-0.1, -0.05) is 0 Å². The quantitative estimate of drug-likeness (QED) is 0.819. The van der Waals surface area contributed by atoms with Crippen LogP contribution in [0.15, 0.2) is 24.3 Å². The maximum atomic E-state index is 12.3. The van der Waals surface area contributed by atoms with Crippen molar-refractivity contribution in [3.05, 3.63) is 29.8 Å². The number of hydrogen-bond acceptors (Lipinski definition) is 3. The van der Waals surface area contributed by atoms with Gasteiger partial charge in [-0.15, -0.1) is 0 Å². The summed E-state index contributed by atoms with van der Waals surface area (Å²) in [4.78, 5) is 14.2. The second kappa shape index (κ2) is 5.51. The molecule has 3 rings (SSSR count). The van der Waals surface area contributed by atoms with Crippen LogP contribution in [0.2, 0.25) is 0 Å². The molecule has 0 aromatic heterocycles. The predicted molar refractivity (Wildman–Crippen MR) is 76.3 cm³/mol. The summed E-state index contributed by atoms with van der Waals surface area (Å²) in [6.45, 7) is 1.58. The molecule has 2 unspecified atom stereocenters. The highest BCUT2D eigenvalue weighted by molar-refractivity contribution is 5.89. The SMILES string of the molecule is N#Cc1ccc(NC(=O)N2CCC3CCC(C2)N3)cc1. The minimum absolute atomic E-state index is 0.0518. The van der Waals surface area contributed by atoms with E-state index in [-0.39, 0.29) is 6.03 Å². The number of nitrogens with one attached hydrogen (secondary N) is 2. The van der Waals surface area contributed by atoms with E-state index in [4.69, 9.17) is 5.26 Å². The monoisotopic (exact) mass is 270 g/mol. The average Bonchev–Trinajstić information content (AvgIpc) is 2.79. The molecule has 2 aliphatic rings. The second-order valence-corrected chi connectivity index (χ2v) is 5.49. The van der Waals surface area contributed by atoms with Gasteiger partial charge in [0.2, 0.25) is 0 Å².